The van der Waals surface area contributed by atoms with Gasteiger partial charge in [-0.05, 0) is 49.9 Å². The quantitative estimate of drug-likeness (QED) is 0.872. The van der Waals surface area contributed by atoms with Gasteiger partial charge in [0.15, 0.2) is 0 Å². The van der Waals surface area contributed by atoms with Gasteiger partial charge in [-0.15, -0.1) is 11.3 Å². The molecule has 4 heteroatoms. The summed E-state index contributed by atoms with van der Waals surface area (Å²) in [6.45, 7) is 6.64. The number of carbonyl (C=O) groups is 1. The second-order valence-electron chi connectivity index (χ2n) is 5.18. The molecule has 20 heavy (non-hydrogen) atoms. The first-order chi connectivity index (χ1) is 9.49. The van der Waals surface area contributed by atoms with Crippen LogP contribution in [0.2, 0.25) is 0 Å². The molecule has 1 aromatic carbocycles. The molecule has 106 valence electrons. The van der Waals surface area contributed by atoms with Crippen LogP contribution in [0.3, 0.4) is 0 Å². The lowest BCUT2D eigenvalue weighted by Crippen LogP contribution is -2.36. The maximum Gasteiger partial charge on any atom is 0.254 e. The predicted octanol–water partition coefficient (Wildman–Crippen LogP) is 3.69. The van der Waals surface area contributed by atoms with Crippen molar-refractivity contribution in [3.8, 4) is 0 Å². The minimum Gasteiger partial charge on any atom is -0.398 e. The summed E-state index contributed by atoms with van der Waals surface area (Å²) >= 11 is 1.67. The largest absolute Gasteiger partial charge is 0.398 e. The molecule has 0 atom stereocenters. The van der Waals surface area contributed by atoms with Gasteiger partial charge in [-0.3, -0.25) is 4.79 Å². The number of hydrogen-bond donors (Lipinski definition) is 1. The van der Waals surface area contributed by atoms with Crippen molar-refractivity contribution in [2.24, 2.45) is 0 Å². The molecule has 2 N–H and O–H groups in total. The van der Waals surface area contributed by atoms with Crippen LogP contribution in [0, 0.1) is 6.92 Å². The number of anilines is 1. The summed E-state index contributed by atoms with van der Waals surface area (Å²) in [5.41, 5.74) is 8.21. The van der Waals surface area contributed by atoms with Crippen LogP contribution in [0.25, 0.3) is 0 Å². The Kier molecular flexibility index (Phi) is 4.45. The number of nitrogens with two attached hydrogens (primary N) is 1. The second kappa shape index (κ2) is 6.09. The fourth-order valence-corrected chi connectivity index (χ4v) is 2.70. The van der Waals surface area contributed by atoms with Crippen LogP contribution in [0.15, 0.2) is 35.7 Å². The van der Waals surface area contributed by atoms with E-state index in [-0.39, 0.29) is 11.9 Å². The van der Waals surface area contributed by atoms with Crippen LogP contribution >= 0.6 is 11.3 Å². The Morgan fingerprint density at radius 1 is 1.35 bits per heavy atom. The molecular weight excluding hydrogens is 268 g/mol. The van der Waals surface area contributed by atoms with Gasteiger partial charge in [-0.1, -0.05) is 12.1 Å². The number of benzene rings is 1. The Labute approximate surface area is 124 Å². The van der Waals surface area contributed by atoms with E-state index in [0.29, 0.717) is 17.8 Å². The zero-order valence-electron chi connectivity index (χ0n) is 12.1. The van der Waals surface area contributed by atoms with Gasteiger partial charge in [0.25, 0.3) is 5.91 Å². The number of carbonyl (C=O) groups excluding carboxylic acids is 1. The summed E-state index contributed by atoms with van der Waals surface area (Å²) in [4.78, 5) is 15.7. The molecule has 3 nitrogen and oxygen atoms in total. The third-order valence-electron chi connectivity index (χ3n) is 3.32. The lowest BCUT2D eigenvalue weighted by molar-refractivity contribution is 0.0692. The molecule has 0 aliphatic heterocycles. The molecule has 0 bridgehead atoms. The van der Waals surface area contributed by atoms with E-state index in [1.54, 1.807) is 17.4 Å². The van der Waals surface area contributed by atoms with Gasteiger partial charge >= 0.3 is 0 Å². The van der Waals surface area contributed by atoms with E-state index in [4.69, 9.17) is 5.73 Å². The first kappa shape index (κ1) is 14.6. The normalized spacial score (nSPS) is 10.8. The van der Waals surface area contributed by atoms with Gasteiger partial charge in [0.1, 0.15) is 0 Å². The van der Waals surface area contributed by atoms with Crippen LogP contribution in [-0.2, 0) is 6.54 Å². The lowest BCUT2D eigenvalue weighted by atomic mass is 10.1. The van der Waals surface area contributed by atoms with Crippen LogP contribution in [0.4, 0.5) is 5.69 Å². The monoisotopic (exact) mass is 288 g/mol. The molecule has 0 saturated heterocycles. The van der Waals surface area contributed by atoms with Crippen molar-refractivity contribution >= 4 is 22.9 Å². The standard InChI is InChI=1S/C16H20N2OS/c1-11(2)18(10-14-5-4-8-20-14)16(19)13-7-6-12(3)15(17)9-13/h4-9,11H,10,17H2,1-3H3. The Balaban J connectivity index is 2.24. The van der Waals surface area contributed by atoms with Gasteiger partial charge in [0.05, 0.1) is 6.54 Å². The van der Waals surface area contributed by atoms with Crippen LogP contribution in [0.1, 0.15) is 34.6 Å². The SMILES string of the molecule is Cc1ccc(C(=O)N(Cc2cccs2)C(C)C)cc1N. The van der Waals surface area contributed by atoms with Crippen LogP contribution in [-0.4, -0.2) is 16.8 Å². The molecule has 0 fully saturated rings. The van der Waals surface area contributed by atoms with Crippen LogP contribution < -0.4 is 5.73 Å². The van der Waals surface area contributed by atoms with Gasteiger partial charge in [0.2, 0.25) is 0 Å². The van der Waals surface area contributed by atoms with Crippen molar-refractivity contribution in [3.63, 3.8) is 0 Å². The van der Waals surface area contributed by atoms with Gasteiger partial charge in [-0.25, -0.2) is 0 Å². The molecule has 0 spiro atoms. The number of rotatable bonds is 4. The number of amides is 1. The minimum absolute atomic E-state index is 0.0279. The maximum atomic E-state index is 12.7. The zero-order chi connectivity index (χ0) is 14.7. The summed E-state index contributed by atoms with van der Waals surface area (Å²) in [7, 11) is 0. The average molecular weight is 288 g/mol. The Bertz CT molecular complexity index is 591. The van der Waals surface area contributed by atoms with E-state index in [0.717, 1.165) is 5.56 Å². The second-order valence-corrected chi connectivity index (χ2v) is 6.21. The third-order valence-corrected chi connectivity index (χ3v) is 4.18. The predicted molar refractivity (Wildman–Crippen MR) is 84.9 cm³/mol. The Morgan fingerprint density at radius 2 is 2.10 bits per heavy atom. The third kappa shape index (κ3) is 3.20. The number of thiophene rings is 1. The highest BCUT2D eigenvalue weighted by atomic mass is 32.1. The van der Waals surface area contributed by atoms with Crippen molar-refractivity contribution in [2.45, 2.75) is 33.4 Å². The minimum atomic E-state index is 0.0279. The Hall–Kier alpha value is -1.81. The van der Waals surface area contributed by atoms with Crippen molar-refractivity contribution in [1.82, 2.24) is 4.90 Å². The van der Waals surface area contributed by atoms with E-state index in [1.165, 1.54) is 4.88 Å². The molecule has 0 radical (unpaired) electrons. The van der Waals surface area contributed by atoms with E-state index >= 15 is 0 Å². The smallest absolute Gasteiger partial charge is 0.254 e. The molecule has 0 aliphatic rings. The summed E-state index contributed by atoms with van der Waals surface area (Å²) in [5, 5.41) is 2.03. The van der Waals surface area contributed by atoms with E-state index in [9.17, 15) is 4.79 Å². The summed E-state index contributed by atoms with van der Waals surface area (Å²) in [5.74, 6) is 0.0279. The van der Waals surface area contributed by atoms with E-state index < -0.39 is 0 Å². The van der Waals surface area contributed by atoms with E-state index in [2.05, 4.69) is 6.07 Å². The molecular formula is C16H20N2OS. The van der Waals surface area contributed by atoms with Gasteiger partial charge in [-0.2, -0.15) is 0 Å². The molecule has 1 heterocycles. The van der Waals surface area contributed by atoms with Crippen molar-refractivity contribution in [2.75, 3.05) is 5.73 Å². The molecule has 2 aromatic rings. The zero-order valence-corrected chi connectivity index (χ0v) is 12.9. The maximum absolute atomic E-state index is 12.7. The van der Waals surface area contributed by atoms with Crippen molar-refractivity contribution in [1.29, 1.82) is 0 Å². The molecule has 0 aliphatic carbocycles. The highest BCUT2D eigenvalue weighted by molar-refractivity contribution is 7.09. The Morgan fingerprint density at radius 3 is 2.65 bits per heavy atom. The number of aryl methyl sites for hydroxylation is 1. The van der Waals surface area contributed by atoms with Gasteiger partial charge < -0.3 is 10.6 Å². The number of nitrogens with zero attached hydrogens (tertiary/aromatic N) is 1. The highest BCUT2D eigenvalue weighted by Gasteiger charge is 2.19. The number of nitrogen functional groups attached to an aromatic ring is 1. The summed E-state index contributed by atoms with van der Waals surface area (Å²) in [6.07, 6.45) is 0. The highest BCUT2D eigenvalue weighted by Crippen LogP contribution is 2.19. The number of hydrogen-bond acceptors (Lipinski definition) is 3. The molecule has 0 unspecified atom stereocenters. The molecule has 1 amide bonds. The first-order valence-corrected chi connectivity index (χ1v) is 7.56. The lowest BCUT2D eigenvalue weighted by Gasteiger charge is -2.26. The summed E-state index contributed by atoms with van der Waals surface area (Å²) < 4.78 is 0. The summed E-state index contributed by atoms with van der Waals surface area (Å²) in [6, 6.07) is 9.71. The topological polar surface area (TPSA) is 46.3 Å². The fourth-order valence-electron chi connectivity index (χ4n) is 2.00. The van der Waals surface area contributed by atoms with Crippen molar-refractivity contribution < 1.29 is 4.79 Å². The molecule has 1 aromatic heterocycles. The van der Waals surface area contributed by atoms with Crippen LogP contribution in [0.5, 0.6) is 0 Å². The molecule has 2 rings (SSSR count). The molecule has 0 saturated carbocycles. The van der Waals surface area contributed by atoms with Crippen molar-refractivity contribution in [3.05, 3.63) is 51.7 Å². The van der Waals surface area contributed by atoms with Gasteiger partial charge in [0, 0.05) is 22.2 Å². The fraction of sp³-hybridized carbons (Fsp3) is 0.312. The first-order valence-electron chi connectivity index (χ1n) is 6.68. The average Bonchev–Trinajstić information content (AvgIpc) is 2.91. The van der Waals surface area contributed by atoms with E-state index in [1.807, 2.05) is 49.3 Å².